The van der Waals surface area contributed by atoms with E-state index < -0.39 is 5.54 Å². The Hall–Kier alpha value is -1.32. The van der Waals surface area contributed by atoms with Gasteiger partial charge in [-0.25, -0.2) is 0 Å². The summed E-state index contributed by atoms with van der Waals surface area (Å²) in [6.07, 6.45) is 6.12. The van der Waals surface area contributed by atoms with E-state index in [9.17, 15) is 9.59 Å². The van der Waals surface area contributed by atoms with Crippen molar-refractivity contribution in [3.63, 3.8) is 0 Å². The van der Waals surface area contributed by atoms with Gasteiger partial charge in [-0.05, 0) is 33.1 Å². The fourth-order valence-electron chi connectivity index (χ4n) is 3.20. The number of hydrogen-bond acceptors (Lipinski definition) is 2. The molecule has 0 bridgehead atoms. The molecule has 0 radical (unpaired) electrons. The molecule has 0 aromatic rings. The van der Waals surface area contributed by atoms with Gasteiger partial charge in [0.15, 0.2) is 0 Å². The van der Waals surface area contributed by atoms with Crippen molar-refractivity contribution in [3.05, 3.63) is 12.7 Å². The topological polar surface area (TPSA) is 49.4 Å². The molecule has 100 valence electrons. The summed E-state index contributed by atoms with van der Waals surface area (Å²) in [5.74, 6) is 0.0777. The van der Waals surface area contributed by atoms with Crippen molar-refractivity contribution >= 4 is 11.8 Å². The first-order valence-electron chi connectivity index (χ1n) is 6.77. The number of hydrogen-bond donors (Lipinski definition) is 1. The zero-order valence-corrected chi connectivity index (χ0v) is 11.2. The van der Waals surface area contributed by atoms with Crippen LogP contribution in [-0.4, -0.2) is 34.3 Å². The van der Waals surface area contributed by atoms with E-state index >= 15 is 0 Å². The van der Waals surface area contributed by atoms with Crippen LogP contribution in [0.2, 0.25) is 0 Å². The quantitative estimate of drug-likeness (QED) is 0.774. The highest BCUT2D eigenvalue weighted by Gasteiger charge is 2.51. The number of carbonyl (C=O) groups excluding carboxylic acids is 2. The minimum atomic E-state index is -0.612. The van der Waals surface area contributed by atoms with Gasteiger partial charge in [-0.1, -0.05) is 18.9 Å². The van der Waals surface area contributed by atoms with Crippen molar-refractivity contribution in [3.8, 4) is 0 Å². The Morgan fingerprint density at radius 3 is 2.67 bits per heavy atom. The first kappa shape index (κ1) is 13.1. The number of nitrogens with zero attached hydrogens (tertiary/aromatic N) is 1. The first-order valence-corrected chi connectivity index (χ1v) is 6.77. The van der Waals surface area contributed by atoms with E-state index in [0.29, 0.717) is 0 Å². The molecule has 1 spiro atoms. The normalized spacial score (nSPS) is 28.3. The minimum absolute atomic E-state index is 0.0209. The molecule has 0 aromatic carbocycles. The molecular weight excluding hydrogens is 228 g/mol. The molecule has 1 saturated carbocycles. The van der Waals surface area contributed by atoms with E-state index in [1.165, 1.54) is 0 Å². The Labute approximate surface area is 108 Å². The maximum absolute atomic E-state index is 12.7. The Kier molecular flexibility index (Phi) is 3.46. The van der Waals surface area contributed by atoms with Crippen LogP contribution in [0.15, 0.2) is 12.7 Å². The van der Waals surface area contributed by atoms with E-state index in [2.05, 4.69) is 11.9 Å². The van der Waals surface area contributed by atoms with Crippen LogP contribution in [0.3, 0.4) is 0 Å². The molecule has 1 heterocycles. The Morgan fingerprint density at radius 2 is 2.11 bits per heavy atom. The number of nitrogens with one attached hydrogen (secondary N) is 1. The average Bonchev–Trinajstić information content (AvgIpc) is 2.77. The second-order valence-electron chi connectivity index (χ2n) is 5.54. The molecule has 2 rings (SSSR count). The molecule has 4 nitrogen and oxygen atoms in total. The van der Waals surface area contributed by atoms with Crippen molar-refractivity contribution in [2.45, 2.75) is 63.6 Å². The Bertz CT molecular complexity index is 372. The zero-order valence-electron chi connectivity index (χ0n) is 11.2. The summed E-state index contributed by atoms with van der Waals surface area (Å²) >= 11 is 0. The van der Waals surface area contributed by atoms with Gasteiger partial charge in [0.1, 0.15) is 11.6 Å². The molecule has 2 fully saturated rings. The monoisotopic (exact) mass is 250 g/mol. The summed E-state index contributed by atoms with van der Waals surface area (Å²) in [6, 6.07) is -0.341. The first-order chi connectivity index (χ1) is 8.52. The highest BCUT2D eigenvalue weighted by atomic mass is 16.2. The van der Waals surface area contributed by atoms with Gasteiger partial charge in [-0.3, -0.25) is 9.59 Å². The van der Waals surface area contributed by atoms with Crippen LogP contribution in [0.5, 0.6) is 0 Å². The SMILES string of the molecule is C=CCC(C)N1C(=O)C2(CCCC2)NC(=O)C1C. The summed E-state index contributed by atoms with van der Waals surface area (Å²) in [5.41, 5.74) is -0.612. The number of carbonyl (C=O) groups is 2. The van der Waals surface area contributed by atoms with Crippen LogP contribution in [0.4, 0.5) is 0 Å². The summed E-state index contributed by atoms with van der Waals surface area (Å²) < 4.78 is 0. The molecule has 4 heteroatoms. The van der Waals surface area contributed by atoms with E-state index in [0.717, 1.165) is 32.1 Å². The Balaban J connectivity index is 2.28. The second-order valence-corrected chi connectivity index (χ2v) is 5.54. The van der Waals surface area contributed by atoms with Gasteiger partial charge in [0.05, 0.1) is 0 Å². The lowest BCUT2D eigenvalue weighted by atomic mass is 9.89. The molecule has 2 unspecified atom stereocenters. The van der Waals surface area contributed by atoms with Gasteiger partial charge in [-0.15, -0.1) is 6.58 Å². The van der Waals surface area contributed by atoms with Gasteiger partial charge in [0.25, 0.3) is 0 Å². The van der Waals surface area contributed by atoms with Crippen LogP contribution in [0.1, 0.15) is 46.0 Å². The maximum atomic E-state index is 12.7. The second kappa shape index (κ2) is 4.75. The lowest BCUT2D eigenvalue weighted by Crippen LogP contribution is -2.70. The van der Waals surface area contributed by atoms with Crippen LogP contribution >= 0.6 is 0 Å². The Morgan fingerprint density at radius 1 is 1.50 bits per heavy atom. The van der Waals surface area contributed by atoms with Gasteiger partial charge >= 0.3 is 0 Å². The summed E-state index contributed by atoms with van der Waals surface area (Å²) in [6.45, 7) is 7.50. The predicted octanol–water partition coefficient (Wildman–Crippen LogP) is 1.61. The summed E-state index contributed by atoms with van der Waals surface area (Å²) in [4.78, 5) is 26.5. The molecule has 1 aliphatic heterocycles. The molecule has 18 heavy (non-hydrogen) atoms. The molecule has 1 aliphatic carbocycles. The van der Waals surface area contributed by atoms with Crippen molar-refractivity contribution in [2.75, 3.05) is 0 Å². The zero-order chi connectivity index (χ0) is 13.3. The number of rotatable bonds is 3. The molecule has 1 N–H and O–H groups in total. The molecular formula is C14H22N2O2. The number of amides is 2. The fourth-order valence-corrected chi connectivity index (χ4v) is 3.20. The van der Waals surface area contributed by atoms with Crippen LogP contribution in [0, 0.1) is 0 Å². The molecule has 0 aromatic heterocycles. The van der Waals surface area contributed by atoms with Crippen LogP contribution < -0.4 is 5.32 Å². The standard InChI is InChI=1S/C14H22N2O2/c1-4-7-10(2)16-11(3)12(17)15-14(13(16)18)8-5-6-9-14/h4,10-11H,1,5-9H2,2-3H3,(H,15,17). The summed E-state index contributed by atoms with van der Waals surface area (Å²) in [7, 11) is 0. The largest absolute Gasteiger partial charge is 0.340 e. The summed E-state index contributed by atoms with van der Waals surface area (Å²) in [5, 5.41) is 2.96. The highest BCUT2D eigenvalue weighted by Crippen LogP contribution is 2.35. The maximum Gasteiger partial charge on any atom is 0.249 e. The van der Waals surface area contributed by atoms with Crippen LogP contribution in [0.25, 0.3) is 0 Å². The van der Waals surface area contributed by atoms with E-state index in [1.54, 1.807) is 17.9 Å². The van der Waals surface area contributed by atoms with Crippen molar-refractivity contribution in [1.29, 1.82) is 0 Å². The predicted molar refractivity (Wildman–Crippen MR) is 69.9 cm³/mol. The van der Waals surface area contributed by atoms with Crippen LogP contribution in [-0.2, 0) is 9.59 Å². The lowest BCUT2D eigenvalue weighted by molar-refractivity contribution is -0.156. The van der Waals surface area contributed by atoms with Crippen molar-refractivity contribution in [1.82, 2.24) is 10.2 Å². The fraction of sp³-hybridized carbons (Fsp3) is 0.714. The molecule has 2 amide bonds. The van der Waals surface area contributed by atoms with Gasteiger partial charge in [0.2, 0.25) is 11.8 Å². The molecule has 2 aliphatic rings. The van der Waals surface area contributed by atoms with E-state index in [4.69, 9.17) is 0 Å². The van der Waals surface area contributed by atoms with Gasteiger partial charge in [-0.2, -0.15) is 0 Å². The highest BCUT2D eigenvalue weighted by molar-refractivity contribution is 6.00. The third-order valence-corrected chi connectivity index (χ3v) is 4.24. The smallest absolute Gasteiger partial charge is 0.249 e. The molecule has 1 saturated heterocycles. The van der Waals surface area contributed by atoms with Crippen molar-refractivity contribution < 1.29 is 9.59 Å². The van der Waals surface area contributed by atoms with E-state index in [1.807, 2.05) is 6.92 Å². The van der Waals surface area contributed by atoms with Crippen molar-refractivity contribution in [2.24, 2.45) is 0 Å². The van der Waals surface area contributed by atoms with E-state index in [-0.39, 0.29) is 23.9 Å². The minimum Gasteiger partial charge on any atom is -0.340 e. The average molecular weight is 250 g/mol. The van der Waals surface area contributed by atoms with Gasteiger partial charge < -0.3 is 10.2 Å². The number of piperazine rings is 1. The third kappa shape index (κ3) is 1.93. The third-order valence-electron chi connectivity index (χ3n) is 4.24. The lowest BCUT2D eigenvalue weighted by Gasteiger charge is -2.45. The van der Waals surface area contributed by atoms with Gasteiger partial charge in [0, 0.05) is 6.04 Å². The molecule has 2 atom stereocenters.